The smallest absolute Gasteiger partial charge is 0.193 e. The number of hydrogen-bond donors (Lipinski definition) is 2. The Balaban J connectivity index is 2.72. The van der Waals surface area contributed by atoms with Crippen molar-refractivity contribution in [2.24, 2.45) is 10.7 Å². The largest absolute Gasteiger partial charge is 0.495 e. The molecule has 0 aliphatic heterocycles. The van der Waals surface area contributed by atoms with Crippen LogP contribution in [0.1, 0.15) is 6.92 Å². The third-order valence-corrected chi connectivity index (χ3v) is 2.24. The van der Waals surface area contributed by atoms with Crippen molar-refractivity contribution in [2.75, 3.05) is 19.0 Å². The van der Waals surface area contributed by atoms with E-state index in [0.29, 0.717) is 23.3 Å². The summed E-state index contributed by atoms with van der Waals surface area (Å²) >= 11 is 5.98. The number of methoxy groups -OCH3 is 1. The maximum atomic E-state index is 5.98. The van der Waals surface area contributed by atoms with Crippen LogP contribution < -0.4 is 15.8 Å². The molecule has 0 saturated carbocycles. The van der Waals surface area contributed by atoms with Crippen molar-refractivity contribution in [3.63, 3.8) is 0 Å². The van der Waals surface area contributed by atoms with Crippen molar-refractivity contribution < 1.29 is 4.74 Å². The number of aliphatic imine (C=N–C) groups is 1. The van der Waals surface area contributed by atoms with Gasteiger partial charge in [0.15, 0.2) is 5.96 Å². The quantitative estimate of drug-likeness (QED) is 0.493. The molecule has 0 fully saturated rings. The number of hydrogen-bond acceptors (Lipinski definition) is 2. The van der Waals surface area contributed by atoms with E-state index in [2.05, 4.69) is 16.9 Å². The van der Waals surface area contributed by atoms with E-state index in [1.807, 2.05) is 13.0 Å². The highest BCUT2D eigenvalue weighted by molar-refractivity contribution is 6.32. The molecule has 0 spiro atoms. The van der Waals surface area contributed by atoms with Crippen molar-refractivity contribution >= 4 is 23.2 Å². The predicted molar refractivity (Wildman–Crippen MR) is 72.9 cm³/mol. The fourth-order valence-electron chi connectivity index (χ4n) is 1.15. The van der Waals surface area contributed by atoms with E-state index >= 15 is 0 Å². The first-order valence-corrected chi connectivity index (χ1v) is 5.45. The third kappa shape index (κ3) is 4.36. The van der Waals surface area contributed by atoms with Gasteiger partial charge in [-0.2, -0.15) is 0 Å². The van der Waals surface area contributed by atoms with Gasteiger partial charge in [-0.25, -0.2) is 4.99 Å². The third-order valence-electron chi connectivity index (χ3n) is 1.94. The number of halogens is 1. The molecule has 5 heteroatoms. The van der Waals surface area contributed by atoms with E-state index in [0.717, 1.165) is 11.3 Å². The molecule has 0 heterocycles. The van der Waals surface area contributed by atoms with Gasteiger partial charge in [-0.05, 0) is 25.1 Å². The number of anilines is 1. The average Bonchev–Trinajstić information content (AvgIpc) is 2.26. The summed E-state index contributed by atoms with van der Waals surface area (Å²) in [4.78, 5) is 4.10. The molecule has 92 valence electrons. The Morgan fingerprint density at radius 2 is 2.29 bits per heavy atom. The van der Waals surface area contributed by atoms with Crippen LogP contribution in [0.15, 0.2) is 35.3 Å². The Morgan fingerprint density at radius 1 is 1.59 bits per heavy atom. The molecule has 0 saturated heterocycles. The first-order valence-electron chi connectivity index (χ1n) is 5.08. The van der Waals surface area contributed by atoms with E-state index in [1.165, 1.54) is 0 Å². The number of ether oxygens (including phenoxy) is 1. The van der Waals surface area contributed by atoms with Gasteiger partial charge in [0, 0.05) is 5.69 Å². The zero-order valence-electron chi connectivity index (χ0n) is 9.96. The van der Waals surface area contributed by atoms with Crippen LogP contribution in [0.3, 0.4) is 0 Å². The molecule has 17 heavy (non-hydrogen) atoms. The fourth-order valence-corrected chi connectivity index (χ4v) is 1.41. The zero-order chi connectivity index (χ0) is 12.8. The number of benzene rings is 1. The van der Waals surface area contributed by atoms with Gasteiger partial charge in [-0.3, -0.25) is 0 Å². The highest BCUT2D eigenvalue weighted by Gasteiger charge is 2.02. The first kappa shape index (κ1) is 13.4. The Bertz CT molecular complexity index is 443. The summed E-state index contributed by atoms with van der Waals surface area (Å²) in [5, 5.41) is 3.45. The van der Waals surface area contributed by atoms with Gasteiger partial charge < -0.3 is 15.8 Å². The number of nitrogens with two attached hydrogens (primary N) is 1. The van der Waals surface area contributed by atoms with Gasteiger partial charge in [-0.1, -0.05) is 23.8 Å². The molecule has 1 aromatic rings. The highest BCUT2D eigenvalue weighted by Crippen LogP contribution is 2.26. The number of nitrogens with zero attached hydrogens (tertiary/aromatic N) is 1. The summed E-state index contributed by atoms with van der Waals surface area (Å²) in [6.45, 7) is 6.14. The second-order valence-electron chi connectivity index (χ2n) is 3.63. The van der Waals surface area contributed by atoms with Crippen molar-refractivity contribution in [1.29, 1.82) is 0 Å². The lowest BCUT2D eigenvalue weighted by Crippen LogP contribution is -2.22. The van der Waals surface area contributed by atoms with Crippen molar-refractivity contribution in [1.82, 2.24) is 0 Å². The van der Waals surface area contributed by atoms with E-state index in [1.54, 1.807) is 19.2 Å². The van der Waals surface area contributed by atoms with Crippen LogP contribution in [0.5, 0.6) is 5.75 Å². The molecular formula is C12H16ClN3O. The van der Waals surface area contributed by atoms with Crippen LogP contribution in [-0.4, -0.2) is 19.6 Å². The lowest BCUT2D eigenvalue weighted by atomic mass is 10.3. The summed E-state index contributed by atoms with van der Waals surface area (Å²) in [6, 6.07) is 5.30. The van der Waals surface area contributed by atoms with Crippen LogP contribution in [-0.2, 0) is 0 Å². The molecule has 0 radical (unpaired) electrons. The normalized spacial score (nSPS) is 11.1. The Hall–Kier alpha value is -1.68. The summed E-state index contributed by atoms with van der Waals surface area (Å²) in [5.41, 5.74) is 7.41. The van der Waals surface area contributed by atoms with Crippen LogP contribution in [0.25, 0.3) is 0 Å². The second kappa shape index (κ2) is 6.15. The molecule has 0 bridgehead atoms. The maximum Gasteiger partial charge on any atom is 0.193 e. The van der Waals surface area contributed by atoms with Crippen LogP contribution in [0.2, 0.25) is 5.02 Å². The summed E-state index contributed by atoms with van der Waals surface area (Å²) in [7, 11) is 1.57. The lowest BCUT2D eigenvalue weighted by Gasteiger charge is -2.08. The second-order valence-corrected chi connectivity index (χ2v) is 4.04. The summed E-state index contributed by atoms with van der Waals surface area (Å²) < 4.78 is 5.05. The van der Waals surface area contributed by atoms with Gasteiger partial charge in [0.1, 0.15) is 5.75 Å². The van der Waals surface area contributed by atoms with Crippen LogP contribution >= 0.6 is 11.6 Å². The number of rotatable bonds is 4. The minimum atomic E-state index is 0.328. The molecule has 0 aromatic heterocycles. The predicted octanol–water partition coefficient (Wildman–Crippen LogP) is 2.65. The molecule has 1 rings (SSSR count). The van der Waals surface area contributed by atoms with Crippen molar-refractivity contribution in [3.05, 3.63) is 35.4 Å². The van der Waals surface area contributed by atoms with Gasteiger partial charge >= 0.3 is 0 Å². The van der Waals surface area contributed by atoms with Gasteiger partial charge in [0.25, 0.3) is 0 Å². The van der Waals surface area contributed by atoms with E-state index in [4.69, 9.17) is 22.1 Å². The summed E-state index contributed by atoms with van der Waals surface area (Å²) in [6.07, 6.45) is 0. The average molecular weight is 254 g/mol. The Morgan fingerprint density at radius 3 is 2.82 bits per heavy atom. The lowest BCUT2D eigenvalue weighted by molar-refractivity contribution is 0.415. The highest BCUT2D eigenvalue weighted by atomic mass is 35.5. The van der Waals surface area contributed by atoms with Crippen LogP contribution in [0.4, 0.5) is 5.69 Å². The standard InChI is InChI=1S/C12H16ClN3O/c1-8(2)7-15-12(14)16-9-4-5-11(17-3)10(13)6-9/h4-6H,1,7H2,2-3H3,(H3,14,15,16). The van der Waals surface area contributed by atoms with Crippen LogP contribution in [0, 0.1) is 0 Å². The van der Waals surface area contributed by atoms with Crippen molar-refractivity contribution in [2.45, 2.75) is 6.92 Å². The topological polar surface area (TPSA) is 59.6 Å². The first-order chi connectivity index (χ1) is 8.02. The molecule has 0 unspecified atom stereocenters. The monoisotopic (exact) mass is 253 g/mol. The maximum absolute atomic E-state index is 5.98. The molecule has 0 atom stereocenters. The number of nitrogens with one attached hydrogen (secondary N) is 1. The fraction of sp³-hybridized carbons (Fsp3) is 0.250. The molecule has 0 aliphatic carbocycles. The molecule has 0 aliphatic rings. The van der Waals surface area contributed by atoms with Crippen molar-refractivity contribution in [3.8, 4) is 5.75 Å². The van der Waals surface area contributed by atoms with E-state index < -0.39 is 0 Å². The van der Waals surface area contributed by atoms with E-state index in [-0.39, 0.29) is 0 Å². The molecular weight excluding hydrogens is 238 g/mol. The molecule has 4 nitrogen and oxygen atoms in total. The molecule has 0 amide bonds. The minimum Gasteiger partial charge on any atom is -0.495 e. The van der Waals surface area contributed by atoms with Gasteiger partial charge in [0.2, 0.25) is 0 Å². The number of guanidine groups is 1. The Kier molecular flexibility index (Phi) is 4.84. The zero-order valence-corrected chi connectivity index (χ0v) is 10.7. The molecule has 1 aromatic carbocycles. The van der Waals surface area contributed by atoms with E-state index in [9.17, 15) is 0 Å². The van der Waals surface area contributed by atoms with Gasteiger partial charge in [-0.15, -0.1) is 0 Å². The minimum absolute atomic E-state index is 0.328. The van der Waals surface area contributed by atoms with Gasteiger partial charge in [0.05, 0.1) is 18.7 Å². The summed E-state index contributed by atoms with van der Waals surface area (Å²) in [5.74, 6) is 0.948. The molecule has 3 N–H and O–H groups in total. The SMILES string of the molecule is C=C(C)CN=C(N)Nc1ccc(OC)c(Cl)c1. The Labute approximate surface area is 106 Å².